The number of thiazole rings is 1. The van der Waals surface area contributed by atoms with E-state index in [4.69, 9.17) is 5.73 Å². The van der Waals surface area contributed by atoms with E-state index in [1.807, 2.05) is 0 Å². The Morgan fingerprint density at radius 2 is 2.19 bits per heavy atom. The summed E-state index contributed by atoms with van der Waals surface area (Å²) in [6, 6.07) is 3.84. The van der Waals surface area contributed by atoms with Crippen LogP contribution in [0.5, 0.6) is 5.75 Å². The Morgan fingerprint density at radius 3 is 2.76 bits per heavy atom. The zero-order valence-electron chi connectivity index (χ0n) is 10.2. The average Bonchev–Trinajstić information content (AvgIpc) is 2.76. The Kier molecular flexibility index (Phi) is 4.68. The number of aromatic nitrogens is 1. The van der Waals surface area contributed by atoms with Gasteiger partial charge in [0.2, 0.25) is 5.13 Å². The highest BCUT2D eigenvalue weighted by Gasteiger charge is 2.31. The van der Waals surface area contributed by atoms with Gasteiger partial charge in [-0.25, -0.2) is 4.98 Å². The molecule has 0 bridgehead atoms. The minimum absolute atomic E-state index is 0.313. The molecule has 1 heterocycles. The van der Waals surface area contributed by atoms with E-state index >= 15 is 0 Å². The lowest BCUT2D eigenvalue weighted by molar-refractivity contribution is -0.274. The van der Waals surface area contributed by atoms with Crippen LogP contribution in [0.25, 0.3) is 0 Å². The second kappa shape index (κ2) is 6.31. The molecule has 0 saturated carbocycles. The van der Waals surface area contributed by atoms with Gasteiger partial charge in [0.05, 0.1) is 6.21 Å². The van der Waals surface area contributed by atoms with E-state index in [-0.39, 0.29) is 5.75 Å². The van der Waals surface area contributed by atoms with Gasteiger partial charge < -0.3 is 10.5 Å². The third-order valence-electron chi connectivity index (χ3n) is 2.09. The Labute approximate surface area is 129 Å². The van der Waals surface area contributed by atoms with Crippen LogP contribution >= 0.6 is 27.3 Å². The molecular formula is C11H8BrF3N4OS. The van der Waals surface area contributed by atoms with Crippen molar-refractivity contribution in [1.29, 1.82) is 0 Å². The number of rotatable bonds is 4. The number of ether oxygens (including phenoxy) is 1. The van der Waals surface area contributed by atoms with Gasteiger partial charge in [-0.15, -0.1) is 24.5 Å². The molecule has 0 aliphatic carbocycles. The third kappa shape index (κ3) is 4.90. The van der Waals surface area contributed by atoms with Crippen molar-refractivity contribution in [3.8, 4) is 5.75 Å². The predicted molar refractivity (Wildman–Crippen MR) is 78.6 cm³/mol. The van der Waals surface area contributed by atoms with Gasteiger partial charge in [0.15, 0.2) is 0 Å². The first kappa shape index (κ1) is 15.6. The number of nitrogens with two attached hydrogens (primary N) is 1. The molecule has 0 aliphatic heterocycles. The maximum absolute atomic E-state index is 12.1. The molecule has 0 fully saturated rings. The van der Waals surface area contributed by atoms with E-state index in [2.05, 4.69) is 36.2 Å². The summed E-state index contributed by atoms with van der Waals surface area (Å²) in [4.78, 5) is 3.93. The summed E-state index contributed by atoms with van der Waals surface area (Å²) in [7, 11) is 0. The summed E-state index contributed by atoms with van der Waals surface area (Å²) in [5.41, 5.74) is 8.68. The fourth-order valence-corrected chi connectivity index (χ4v) is 2.31. The van der Waals surface area contributed by atoms with E-state index in [1.54, 1.807) is 5.38 Å². The van der Waals surface area contributed by atoms with Crippen LogP contribution in [0.1, 0.15) is 5.56 Å². The van der Waals surface area contributed by atoms with Crippen LogP contribution in [0.4, 0.5) is 24.1 Å². The first-order valence-electron chi connectivity index (χ1n) is 5.39. The molecule has 1 aromatic carbocycles. The molecule has 0 aliphatic rings. The predicted octanol–water partition coefficient (Wildman–Crippen LogP) is 3.83. The van der Waals surface area contributed by atoms with Crippen molar-refractivity contribution in [3.63, 3.8) is 0 Å². The molecule has 0 amide bonds. The molecule has 0 spiro atoms. The van der Waals surface area contributed by atoms with Crippen LogP contribution in [0.2, 0.25) is 0 Å². The fraction of sp³-hybridized carbons (Fsp3) is 0.0909. The van der Waals surface area contributed by atoms with E-state index in [9.17, 15) is 13.2 Å². The number of hydrogen-bond donors (Lipinski definition) is 2. The molecule has 0 saturated heterocycles. The SMILES string of the molecule is Nc1csc(NN=Cc2ccc(OC(F)(F)F)cc2Br)n1. The lowest BCUT2D eigenvalue weighted by Gasteiger charge is -2.09. The summed E-state index contributed by atoms with van der Waals surface area (Å²) in [6.45, 7) is 0. The number of hydrogen-bond acceptors (Lipinski definition) is 6. The largest absolute Gasteiger partial charge is 0.573 e. The fourth-order valence-electron chi connectivity index (χ4n) is 1.30. The normalized spacial score (nSPS) is 11.8. The number of anilines is 2. The van der Waals surface area contributed by atoms with E-state index in [1.165, 1.54) is 35.8 Å². The number of nitrogens with one attached hydrogen (secondary N) is 1. The Balaban J connectivity index is 2.03. The van der Waals surface area contributed by atoms with Gasteiger partial charge in [-0.05, 0) is 34.1 Å². The maximum Gasteiger partial charge on any atom is 0.573 e. The Hall–Kier alpha value is -1.81. The van der Waals surface area contributed by atoms with E-state index < -0.39 is 6.36 Å². The van der Waals surface area contributed by atoms with Crippen LogP contribution in [0.15, 0.2) is 33.2 Å². The van der Waals surface area contributed by atoms with Crippen molar-refractivity contribution in [2.75, 3.05) is 11.2 Å². The second-order valence-electron chi connectivity index (χ2n) is 3.68. The highest BCUT2D eigenvalue weighted by atomic mass is 79.9. The highest BCUT2D eigenvalue weighted by Crippen LogP contribution is 2.27. The highest BCUT2D eigenvalue weighted by molar-refractivity contribution is 9.10. The van der Waals surface area contributed by atoms with Gasteiger partial charge >= 0.3 is 6.36 Å². The van der Waals surface area contributed by atoms with Crippen LogP contribution in [-0.4, -0.2) is 17.6 Å². The Bertz CT molecular complexity index is 659. The van der Waals surface area contributed by atoms with Gasteiger partial charge in [0, 0.05) is 15.4 Å². The van der Waals surface area contributed by atoms with Crippen molar-refractivity contribution >= 4 is 44.4 Å². The van der Waals surface area contributed by atoms with Crippen molar-refractivity contribution in [2.45, 2.75) is 6.36 Å². The second-order valence-corrected chi connectivity index (χ2v) is 5.39. The van der Waals surface area contributed by atoms with Crippen LogP contribution in [0, 0.1) is 0 Å². The van der Waals surface area contributed by atoms with Gasteiger partial charge in [-0.3, -0.25) is 5.43 Å². The van der Waals surface area contributed by atoms with E-state index in [0.717, 1.165) is 0 Å². The van der Waals surface area contributed by atoms with Gasteiger partial charge in [-0.1, -0.05) is 0 Å². The van der Waals surface area contributed by atoms with Gasteiger partial charge in [0.25, 0.3) is 0 Å². The van der Waals surface area contributed by atoms with Crippen LogP contribution < -0.4 is 15.9 Å². The van der Waals surface area contributed by atoms with Crippen molar-refractivity contribution in [1.82, 2.24) is 4.98 Å². The molecule has 21 heavy (non-hydrogen) atoms. The van der Waals surface area contributed by atoms with E-state index in [0.29, 0.717) is 21.0 Å². The molecule has 0 radical (unpaired) electrons. The number of benzene rings is 1. The first-order chi connectivity index (χ1) is 9.83. The van der Waals surface area contributed by atoms with Crippen LogP contribution in [0.3, 0.4) is 0 Å². The van der Waals surface area contributed by atoms with Crippen LogP contribution in [-0.2, 0) is 0 Å². The summed E-state index contributed by atoms with van der Waals surface area (Å²) < 4.78 is 40.4. The molecule has 2 aromatic rings. The van der Waals surface area contributed by atoms with Crippen molar-refractivity contribution in [3.05, 3.63) is 33.6 Å². The summed E-state index contributed by atoms with van der Waals surface area (Å²) >= 11 is 4.43. The molecule has 112 valence electrons. The molecule has 0 unspecified atom stereocenters. The number of nitrogens with zero attached hydrogens (tertiary/aromatic N) is 2. The number of halogens is 4. The van der Waals surface area contributed by atoms with Crippen molar-refractivity contribution < 1.29 is 17.9 Å². The summed E-state index contributed by atoms with van der Waals surface area (Å²) in [5.74, 6) is 0.0692. The lowest BCUT2D eigenvalue weighted by atomic mass is 10.2. The number of nitrogen functional groups attached to an aromatic ring is 1. The molecule has 10 heteroatoms. The minimum Gasteiger partial charge on any atom is -0.406 e. The molecule has 3 N–H and O–H groups in total. The Morgan fingerprint density at radius 1 is 1.43 bits per heavy atom. The topological polar surface area (TPSA) is 72.5 Å². The van der Waals surface area contributed by atoms with Crippen molar-refractivity contribution in [2.24, 2.45) is 5.10 Å². The zero-order valence-corrected chi connectivity index (χ0v) is 12.6. The standard InChI is InChI=1S/C11H8BrF3N4OS/c12-8-3-7(20-11(13,14)15)2-1-6(8)4-17-19-10-18-9(16)5-21-10/h1-5H,16H2,(H,18,19). The van der Waals surface area contributed by atoms with Gasteiger partial charge in [-0.2, -0.15) is 5.10 Å². The molecule has 0 atom stereocenters. The number of alkyl halides is 3. The number of hydrazone groups is 1. The molecule has 1 aromatic heterocycles. The molecule has 5 nitrogen and oxygen atoms in total. The molecular weight excluding hydrogens is 373 g/mol. The van der Waals surface area contributed by atoms with Gasteiger partial charge in [0.1, 0.15) is 11.6 Å². The lowest BCUT2D eigenvalue weighted by Crippen LogP contribution is -2.17. The summed E-state index contributed by atoms with van der Waals surface area (Å²) in [5, 5.41) is 6.08. The zero-order chi connectivity index (χ0) is 15.5. The monoisotopic (exact) mass is 380 g/mol. The minimum atomic E-state index is -4.72. The smallest absolute Gasteiger partial charge is 0.406 e. The first-order valence-corrected chi connectivity index (χ1v) is 7.06. The quantitative estimate of drug-likeness (QED) is 0.624. The summed E-state index contributed by atoms with van der Waals surface area (Å²) in [6.07, 6.45) is -3.29. The molecule has 2 rings (SSSR count). The maximum atomic E-state index is 12.1. The average molecular weight is 381 g/mol. The third-order valence-corrected chi connectivity index (χ3v) is 3.54.